The summed E-state index contributed by atoms with van der Waals surface area (Å²) in [6, 6.07) is 0. The number of hydrogen-bond acceptors (Lipinski definition) is 0. The van der Waals surface area contributed by atoms with Crippen LogP contribution in [0.1, 0.15) is 79.1 Å². The Morgan fingerprint density at radius 3 is 0.864 bits per heavy atom. The van der Waals surface area contributed by atoms with Crippen molar-refractivity contribution in [3.8, 4) is 0 Å². The fourth-order valence-corrected chi connectivity index (χ4v) is 2.64. The minimum absolute atomic E-state index is 1.30. The third kappa shape index (κ3) is 21.7. The second-order valence-corrected chi connectivity index (χ2v) is 135. The second-order valence-electron chi connectivity index (χ2n) is 6.08. The summed E-state index contributed by atoms with van der Waals surface area (Å²) in [5.41, 5.74) is 0. The first-order valence-corrected chi connectivity index (χ1v) is 42.1. The van der Waals surface area contributed by atoms with Gasteiger partial charge in [0.05, 0.1) is 26.2 Å². The Morgan fingerprint density at radius 1 is 0.545 bits per heavy atom. The van der Waals surface area contributed by atoms with Crippen molar-refractivity contribution >= 4 is 77.0 Å². The molecule has 6 heteroatoms. The average molecular weight is 869 g/mol. The maximum atomic E-state index is 2.55. The van der Waals surface area contributed by atoms with Gasteiger partial charge in [0.2, 0.25) is 0 Å². The van der Waals surface area contributed by atoms with E-state index < -0.39 is 2.50 Å². The Morgan fingerprint density at radius 2 is 0.727 bits per heavy atom. The van der Waals surface area contributed by atoms with Gasteiger partial charge in [-0.3, -0.25) is 0 Å². The van der Waals surface area contributed by atoms with Crippen molar-refractivity contribution in [2.24, 2.45) is 0 Å². The summed E-state index contributed by atoms with van der Waals surface area (Å²) in [4.78, 5) is 0. The molecule has 22 heavy (non-hydrogen) atoms. The Hall–Kier alpha value is 3.68. The molecule has 0 rings (SSSR count). The van der Waals surface area contributed by atoms with Crippen LogP contribution in [0, 0.1) is 0 Å². The van der Waals surface area contributed by atoms with E-state index in [0.717, 1.165) is 0 Å². The van der Waals surface area contributed by atoms with Crippen LogP contribution in [0.15, 0.2) is 0 Å². The van der Waals surface area contributed by atoms with Gasteiger partial charge in [0.1, 0.15) is 0 Å². The molecule has 0 unspecified atom stereocenters. The minimum atomic E-state index is -1.30. The molecule has 0 amide bonds. The molecular formula is C16H36I4NSn+. The van der Waals surface area contributed by atoms with Crippen LogP contribution in [0.5, 0.6) is 0 Å². The summed E-state index contributed by atoms with van der Waals surface area (Å²) < 4.78 is 0.120. The third-order valence-corrected chi connectivity index (χ3v) is 3.94. The van der Waals surface area contributed by atoms with E-state index in [1.54, 1.807) is 0 Å². The molecule has 0 aromatic rings. The number of nitrogens with zero attached hydrogens (tertiary/aromatic N) is 1. The molecule has 0 saturated carbocycles. The van der Waals surface area contributed by atoms with Crippen molar-refractivity contribution in [1.82, 2.24) is 0 Å². The molecule has 0 heterocycles. The maximum absolute atomic E-state index is 2.55. The van der Waals surface area contributed by atoms with E-state index in [1.165, 1.54) is 82.0 Å². The summed E-state index contributed by atoms with van der Waals surface area (Å²) in [5.74, 6) is 0. The van der Waals surface area contributed by atoms with Gasteiger partial charge in [-0.15, -0.1) is 0 Å². The van der Waals surface area contributed by atoms with Gasteiger partial charge in [-0.25, -0.2) is 0 Å². The molecule has 0 spiro atoms. The van der Waals surface area contributed by atoms with Gasteiger partial charge in [0.15, 0.2) is 0 Å². The van der Waals surface area contributed by atoms with Crippen LogP contribution in [0.3, 0.4) is 0 Å². The molecule has 0 saturated heterocycles. The number of hydrogen-bond donors (Lipinski definition) is 0. The first-order chi connectivity index (χ1) is 10.2. The van der Waals surface area contributed by atoms with E-state index in [4.69, 9.17) is 0 Å². The van der Waals surface area contributed by atoms with Crippen LogP contribution in [0.4, 0.5) is 0 Å². The molecule has 0 aromatic carbocycles. The van der Waals surface area contributed by atoms with Crippen molar-refractivity contribution in [3.05, 3.63) is 0 Å². The number of rotatable bonds is 12. The molecule has 0 bridgehead atoms. The van der Waals surface area contributed by atoms with E-state index in [9.17, 15) is 0 Å². The first-order valence-electron chi connectivity index (χ1n) is 8.85. The Balaban J connectivity index is 0. The molecule has 0 N–H and O–H groups in total. The monoisotopic (exact) mass is 870 g/mol. The zero-order chi connectivity index (χ0) is 17.5. The molecule has 136 valence electrons. The topological polar surface area (TPSA) is 0 Å². The van der Waals surface area contributed by atoms with Crippen LogP contribution in [0.2, 0.25) is 0 Å². The molecule has 0 aromatic heterocycles. The van der Waals surface area contributed by atoms with Gasteiger partial charge in [0.25, 0.3) is 0 Å². The van der Waals surface area contributed by atoms with Gasteiger partial charge in [-0.1, -0.05) is 53.4 Å². The Labute approximate surface area is 183 Å². The summed E-state index contributed by atoms with van der Waals surface area (Å²) in [7, 11) is 0. The van der Waals surface area contributed by atoms with Crippen LogP contribution >= 0.6 is 74.5 Å². The van der Waals surface area contributed by atoms with E-state index in [2.05, 4.69) is 102 Å². The van der Waals surface area contributed by atoms with Crippen molar-refractivity contribution in [2.75, 3.05) is 26.2 Å². The van der Waals surface area contributed by atoms with Crippen molar-refractivity contribution in [2.45, 2.75) is 79.1 Å². The van der Waals surface area contributed by atoms with Gasteiger partial charge in [0, 0.05) is 0 Å². The van der Waals surface area contributed by atoms with E-state index >= 15 is 0 Å². The third-order valence-electron chi connectivity index (χ3n) is 3.94. The van der Waals surface area contributed by atoms with E-state index in [-0.39, 0.29) is 0 Å². The van der Waals surface area contributed by atoms with Crippen LogP contribution in [-0.4, -0.2) is 33.2 Å². The van der Waals surface area contributed by atoms with E-state index in [1.807, 2.05) is 0 Å². The molecule has 0 aliphatic rings. The zero-order valence-electron chi connectivity index (χ0n) is 14.9. The first kappa shape index (κ1) is 27.9. The van der Waals surface area contributed by atoms with Gasteiger partial charge in [-0.2, -0.15) is 0 Å². The Bertz CT molecular complexity index is 191. The predicted octanol–water partition coefficient (Wildman–Crippen LogP) is 8.17. The Kier molecular flexibility index (Phi) is 22.9. The quantitative estimate of drug-likeness (QED) is 0.106. The van der Waals surface area contributed by atoms with Gasteiger partial charge >= 0.3 is 77.0 Å². The fourth-order valence-electron chi connectivity index (χ4n) is 2.64. The van der Waals surface area contributed by atoms with Crippen molar-refractivity contribution < 1.29 is 4.48 Å². The molecular weight excluding hydrogens is 833 g/mol. The van der Waals surface area contributed by atoms with Crippen molar-refractivity contribution in [1.29, 1.82) is 0 Å². The molecule has 0 radical (unpaired) electrons. The van der Waals surface area contributed by atoms with Gasteiger partial charge in [-0.05, 0) is 25.7 Å². The molecule has 0 atom stereocenters. The molecule has 0 aliphatic carbocycles. The second kappa shape index (κ2) is 18.1. The van der Waals surface area contributed by atoms with Crippen LogP contribution in [0.25, 0.3) is 0 Å². The zero-order valence-corrected chi connectivity index (χ0v) is 26.4. The van der Waals surface area contributed by atoms with Crippen LogP contribution in [-0.2, 0) is 0 Å². The number of halogens is 4. The van der Waals surface area contributed by atoms with Crippen LogP contribution < -0.4 is 0 Å². The SMILES string of the molecule is CCCC[N+](CCCC)(CCCC)CCCC.[I][Sn]([I])([I])[I]. The van der Waals surface area contributed by atoms with Gasteiger partial charge < -0.3 is 4.48 Å². The summed E-state index contributed by atoms with van der Waals surface area (Å²) in [6.07, 6.45) is 11.1. The molecule has 0 fully saturated rings. The summed E-state index contributed by atoms with van der Waals surface area (Å²) >= 11 is 10.2. The molecule has 0 aliphatic heterocycles. The summed E-state index contributed by atoms with van der Waals surface area (Å²) in [5, 5.41) is 0. The predicted molar refractivity (Wildman–Crippen MR) is 141 cm³/mol. The number of quaternary nitrogens is 1. The standard InChI is InChI=1S/C16H36N.4HI.Sn/c1-5-9-13-17(14-10-6-2,15-11-7-3)16-12-8-4;;;;;/h5-16H2,1-4H3;4*1H;/q+1;;;;;+4/p-4. The summed E-state index contributed by atoms with van der Waals surface area (Å²) in [6.45, 7) is 15.0. The average Bonchev–Trinajstić information content (AvgIpc) is 2.44. The normalized spacial score (nSPS) is 12.0. The fraction of sp³-hybridized carbons (Fsp3) is 1.00. The van der Waals surface area contributed by atoms with E-state index in [0.29, 0.717) is 0 Å². The molecule has 1 nitrogen and oxygen atoms in total. The van der Waals surface area contributed by atoms with Crippen molar-refractivity contribution in [3.63, 3.8) is 0 Å². The number of unbranched alkanes of at least 4 members (excludes halogenated alkanes) is 4.